The Bertz CT molecular complexity index is 471. The molecule has 4 heteroatoms. The van der Waals surface area contributed by atoms with Crippen LogP contribution in [0.15, 0.2) is 24.3 Å². The molecule has 1 aliphatic rings. The minimum atomic E-state index is -0.668. The third kappa shape index (κ3) is 3.73. The van der Waals surface area contributed by atoms with Gasteiger partial charge in [-0.15, -0.1) is 0 Å². The van der Waals surface area contributed by atoms with Crippen LogP contribution >= 0.6 is 0 Å². The molecule has 1 fully saturated rings. The number of hydrogen-bond acceptors (Lipinski definition) is 4. The molecule has 1 N–H and O–H groups in total. The molecular formula is C16H23NO3. The van der Waals surface area contributed by atoms with Crippen LogP contribution in [0.2, 0.25) is 0 Å². The molecule has 110 valence electrons. The number of rotatable bonds is 7. The Balaban J connectivity index is 1.91. The first-order chi connectivity index (χ1) is 9.55. The molecule has 1 atom stereocenters. The SMILES string of the molecule is COC(=O)C(C)(CCOc1ccccc1C)NC1CC1. The maximum absolute atomic E-state index is 12.0. The molecular weight excluding hydrogens is 254 g/mol. The summed E-state index contributed by atoms with van der Waals surface area (Å²) < 4.78 is 10.7. The van der Waals surface area contributed by atoms with Crippen molar-refractivity contribution in [2.45, 2.75) is 44.7 Å². The first kappa shape index (κ1) is 14.9. The van der Waals surface area contributed by atoms with Crippen molar-refractivity contribution in [1.82, 2.24) is 5.32 Å². The van der Waals surface area contributed by atoms with E-state index in [1.54, 1.807) is 0 Å². The topological polar surface area (TPSA) is 47.6 Å². The summed E-state index contributed by atoms with van der Waals surface area (Å²) in [6, 6.07) is 8.33. The van der Waals surface area contributed by atoms with E-state index >= 15 is 0 Å². The Labute approximate surface area is 120 Å². The zero-order valence-electron chi connectivity index (χ0n) is 12.4. The van der Waals surface area contributed by atoms with Crippen LogP contribution in [0.5, 0.6) is 5.75 Å². The first-order valence-corrected chi connectivity index (χ1v) is 7.10. The maximum atomic E-state index is 12.0. The second-order valence-corrected chi connectivity index (χ2v) is 5.61. The van der Waals surface area contributed by atoms with Gasteiger partial charge in [0.15, 0.2) is 0 Å². The highest BCUT2D eigenvalue weighted by Crippen LogP contribution is 2.25. The second kappa shape index (κ2) is 6.27. The standard InChI is InChI=1S/C16H23NO3/c1-12-6-4-5-7-14(12)20-11-10-16(2,15(18)19-3)17-13-8-9-13/h4-7,13,17H,8-11H2,1-3H3. The number of carbonyl (C=O) groups is 1. The van der Waals surface area contributed by atoms with Gasteiger partial charge >= 0.3 is 5.97 Å². The van der Waals surface area contributed by atoms with Gasteiger partial charge in [0.1, 0.15) is 11.3 Å². The molecule has 0 bridgehead atoms. The molecule has 1 unspecified atom stereocenters. The highest BCUT2D eigenvalue weighted by molar-refractivity contribution is 5.80. The van der Waals surface area contributed by atoms with Crippen LogP contribution < -0.4 is 10.1 Å². The summed E-state index contributed by atoms with van der Waals surface area (Å²) in [5.74, 6) is 0.643. The Morgan fingerprint density at radius 2 is 2.10 bits per heavy atom. The van der Waals surface area contributed by atoms with Crippen LogP contribution in [0.1, 0.15) is 31.7 Å². The predicted octanol–water partition coefficient (Wildman–Crippen LogP) is 2.45. The minimum Gasteiger partial charge on any atom is -0.493 e. The van der Waals surface area contributed by atoms with E-state index in [2.05, 4.69) is 5.32 Å². The number of methoxy groups -OCH3 is 1. The lowest BCUT2D eigenvalue weighted by Gasteiger charge is -2.28. The highest BCUT2D eigenvalue weighted by Gasteiger charge is 2.39. The van der Waals surface area contributed by atoms with E-state index in [0.29, 0.717) is 19.1 Å². The van der Waals surface area contributed by atoms with Crippen molar-refractivity contribution in [3.05, 3.63) is 29.8 Å². The summed E-state index contributed by atoms with van der Waals surface area (Å²) in [5.41, 5.74) is 0.431. The number of para-hydroxylation sites is 1. The average Bonchev–Trinajstić information content (AvgIpc) is 3.23. The van der Waals surface area contributed by atoms with E-state index in [1.165, 1.54) is 7.11 Å². The van der Waals surface area contributed by atoms with E-state index in [-0.39, 0.29) is 5.97 Å². The number of benzene rings is 1. The van der Waals surface area contributed by atoms with Gasteiger partial charge in [-0.2, -0.15) is 0 Å². The Morgan fingerprint density at radius 1 is 1.40 bits per heavy atom. The zero-order chi connectivity index (χ0) is 14.6. The van der Waals surface area contributed by atoms with Crippen molar-refractivity contribution in [3.63, 3.8) is 0 Å². The van der Waals surface area contributed by atoms with E-state index in [0.717, 1.165) is 24.2 Å². The van der Waals surface area contributed by atoms with Crippen molar-refractivity contribution < 1.29 is 14.3 Å². The third-order valence-electron chi connectivity index (χ3n) is 3.69. The van der Waals surface area contributed by atoms with Gasteiger partial charge in [0.05, 0.1) is 13.7 Å². The van der Waals surface area contributed by atoms with Crippen LogP contribution in [0.4, 0.5) is 0 Å². The molecule has 1 saturated carbocycles. The van der Waals surface area contributed by atoms with E-state index < -0.39 is 5.54 Å². The van der Waals surface area contributed by atoms with Crippen molar-refractivity contribution in [3.8, 4) is 5.75 Å². The quantitative estimate of drug-likeness (QED) is 0.778. The predicted molar refractivity (Wildman–Crippen MR) is 77.9 cm³/mol. The van der Waals surface area contributed by atoms with Crippen LogP contribution in [-0.2, 0) is 9.53 Å². The molecule has 1 aromatic carbocycles. The summed E-state index contributed by atoms with van der Waals surface area (Å²) in [7, 11) is 1.43. The van der Waals surface area contributed by atoms with Crippen molar-refractivity contribution in [1.29, 1.82) is 0 Å². The Kier molecular flexibility index (Phi) is 4.65. The van der Waals surface area contributed by atoms with Gasteiger partial charge in [-0.1, -0.05) is 18.2 Å². The summed E-state index contributed by atoms with van der Waals surface area (Å²) in [6.45, 7) is 4.38. The van der Waals surface area contributed by atoms with Crippen LogP contribution in [0.25, 0.3) is 0 Å². The minimum absolute atomic E-state index is 0.224. The van der Waals surface area contributed by atoms with Crippen molar-refractivity contribution in [2.24, 2.45) is 0 Å². The lowest BCUT2D eigenvalue weighted by Crippen LogP contribution is -2.52. The number of carbonyl (C=O) groups excluding carboxylic acids is 1. The molecule has 1 aliphatic carbocycles. The fourth-order valence-electron chi connectivity index (χ4n) is 2.22. The van der Waals surface area contributed by atoms with Crippen LogP contribution in [-0.4, -0.2) is 31.3 Å². The largest absolute Gasteiger partial charge is 0.493 e. The smallest absolute Gasteiger partial charge is 0.325 e. The number of aryl methyl sites for hydroxylation is 1. The van der Waals surface area contributed by atoms with Gasteiger partial charge in [-0.25, -0.2) is 0 Å². The van der Waals surface area contributed by atoms with E-state index in [4.69, 9.17) is 9.47 Å². The molecule has 4 nitrogen and oxygen atoms in total. The lowest BCUT2D eigenvalue weighted by atomic mass is 9.98. The van der Waals surface area contributed by atoms with Crippen molar-refractivity contribution >= 4 is 5.97 Å². The van der Waals surface area contributed by atoms with E-state index in [1.807, 2.05) is 38.1 Å². The fraction of sp³-hybridized carbons (Fsp3) is 0.562. The molecule has 20 heavy (non-hydrogen) atoms. The van der Waals surface area contributed by atoms with Crippen LogP contribution in [0, 0.1) is 6.92 Å². The molecule has 0 heterocycles. The molecule has 2 rings (SSSR count). The lowest BCUT2D eigenvalue weighted by molar-refractivity contribution is -0.148. The molecule has 0 amide bonds. The van der Waals surface area contributed by atoms with Gasteiger partial charge in [-0.05, 0) is 38.3 Å². The number of hydrogen-bond donors (Lipinski definition) is 1. The summed E-state index contributed by atoms with van der Waals surface area (Å²) in [6.07, 6.45) is 2.85. The Morgan fingerprint density at radius 3 is 2.70 bits per heavy atom. The normalized spacial score (nSPS) is 17.4. The molecule has 0 saturated heterocycles. The summed E-state index contributed by atoms with van der Waals surface area (Å²) in [5, 5.41) is 3.36. The monoisotopic (exact) mass is 277 g/mol. The summed E-state index contributed by atoms with van der Waals surface area (Å²) in [4.78, 5) is 12.0. The first-order valence-electron chi connectivity index (χ1n) is 7.10. The molecule has 0 aromatic heterocycles. The highest BCUT2D eigenvalue weighted by atomic mass is 16.5. The van der Waals surface area contributed by atoms with Crippen LogP contribution in [0.3, 0.4) is 0 Å². The average molecular weight is 277 g/mol. The molecule has 1 aromatic rings. The van der Waals surface area contributed by atoms with Gasteiger partial charge in [0.2, 0.25) is 0 Å². The zero-order valence-corrected chi connectivity index (χ0v) is 12.4. The summed E-state index contributed by atoms with van der Waals surface area (Å²) >= 11 is 0. The third-order valence-corrected chi connectivity index (χ3v) is 3.69. The maximum Gasteiger partial charge on any atom is 0.325 e. The molecule has 0 spiro atoms. The van der Waals surface area contributed by atoms with Gasteiger partial charge < -0.3 is 9.47 Å². The number of esters is 1. The van der Waals surface area contributed by atoms with E-state index in [9.17, 15) is 4.79 Å². The molecule has 0 radical (unpaired) electrons. The second-order valence-electron chi connectivity index (χ2n) is 5.61. The number of ether oxygens (including phenoxy) is 2. The van der Waals surface area contributed by atoms with Gasteiger partial charge in [0.25, 0.3) is 0 Å². The Hall–Kier alpha value is -1.55. The van der Waals surface area contributed by atoms with Gasteiger partial charge in [0, 0.05) is 12.5 Å². The number of nitrogens with one attached hydrogen (secondary N) is 1. The van der Waals surface area contributed by atoms with Crippen molar-refractivity contribution in [2.75, 3.05) is 13.7 Å². The fourth-order valence-corrected chi connectivity index (χ4v) is 2.22. The van der Waals surface area contributed by atoms with Gasteiger partial charge in [-0.3, -0.25) is 10.1 Å². The molecule has 0 aliphatic heterocycles.